The van der Waals surface area contributed by atoms with Gasteiger partial charge in [-0.15, -0.1) is 11.3 Å². The van der Waals surface area contributed by atoms with Crippen LogP contribution in [-0.4, -0.2) is 9.97 Å². The molecule has 5 rings (SSSR count). The molecule has 0 amide bonds. The van der Waals surface area contributed by atoms with Gasteiger partial charge in [0.2, 0.25) is 0 Å². The highest BCUT2D eigenvalue weighted by Crippen LogP contribution is 2.40. The zero-order valence-electron chi connectivity index (χ0n) is 14.0. The standard InChI is InChI=1S/C22H12Cl2N2S/c23-15-9-14(10-16(24)11-15)19-12-18(13-5-2-1-3-6-13)21-20(26-19)17-7-4-8-25-22(17)27-21/h1-12H. The van der Waals surface area contributed by atoms with Crippen LogP contribution in [0.2, 0.25) is 10.0 Å². The van der Waals surface area contributed by atoms with Crippen LogP contribution < -0.4 is 0 Å². The van der Waals surface area contributed by atoms with E-state index in [9.17, 15) is 0 Å². The van der Waals surface area contributed by atoms with E-state index in [2.05, 4.69) is 29.2 Å². The maximum absolute atomic E-state index is 6.23. The second-order valence-electron chi connectivity index (χ2n) is 6.22. The molecule has 0 aliphatic rings. The second kappa shape index (κ2) is 6.61. The van der Waals surface area contributed by atoms with Gasteiger partial charge in [0.15, 0.2) is 0 Å². The summed E-state index contributed by atoms with van der Waals surface area (Å²) in [5, 5.41) is 2.25. The number of benzene rings is 2. The van der Waals surface area contributed by atoms with Crippen LogP contribution in [0.3, 0.4) is 0 Å². The van der Waals surface area contributed by atoms with Crippen molar-refractivity contribution in [2.24, 2.45) is 0 Å². The molecule has 27 heavy (non-hydrogen) atoms. The van der Waals surface area contributed by atoms with E-state index < -0.39 is 0 Å². The zero-order valence-corrected chi connectivity index (χ0v) is 16.3. The van der Waals surface area contributed by atoms with Crippen molar-refractivity contribution >= 4 is 55.0 Å². The third-order valence-electron chi connectivity index (χ3n) is 4.44. The van der Waals surface area contributed by atoms with Crippen molar-refractivity contribution in [3.05, 3.63) is 83.0 Å². The van der Waals surface area contributed by atoms with Crippen LogP contribution in [0.4, 0.5) is 0 Å². The van der Waals surface area contributed by atoms with E-state index in [1.54, 1.807) is 17.4 Å². The minimum atomic E-state index is 0.595. The lowest BCUT2D eigenvalue weighted by atomic mass is 10.0. The average molecular weight is 407 g/mol. The molecule has 5 heteroatoms. The van der Waals surface area contributed by atoms with Crippen LogP contribution in [0.25, 0.3) is 42.8 Å². The first-order valence-corrected chi connectivity index (χ1v) is 9.96. The number of thiophene rings is 1. The Hall–Kier alpha value is -2.46. The molecule has 0 unspecified atom stereocenters. The van der Waals surface area contributed by atoms with Gasteiger partial charge in [-0.2, -0.15) is 0 Å². The van der Waals surface area contributed by atoms with Gasteiger partial charge < -0.3 is 0 Å². The van der Waals surface area contributed by atoms with Gasteiger partial charge in [-0.1, -0.05) is 53.5 Å². The van der Waals surface area contributed by atoms with E-state index in [4.69, 9.17) is 28.2 Å². The highest BCUT2D eigenvalue weighted by atomic mass is 35.5. The summed E-state index contributed by atoms with van der Waals surface area (Å²) in [5.74, 6) is 0. The summed E-state index contributed by atoms with van der Waals surface area (Å²) >= 11 is 14.1. The van der Waals surface area contributed by atoms with Crippen LogP contribution in [0.1, 0.15) is 0 Å². The number of hydrogen-bond donors (Lipinski definition) is 0. The van der Waals surface area contributed by atoms with Crippen LogP contribution >= 0.6 is 34.5 Å². The Balaban J connectivity index is 1.88. The molecule has 2 nitrogen and oxygen atoms in total. The molecule has 0 N–H and O–H groups in total. The quantitative estimate of drug-likeness (QED) is 0.303. The van der Waals surface area contributed by atoms with E-state index in [0.717, 1.165) is 42.8 Å². The number of pyridine rings is 2. The predicted octanol–water partition coefficient (Wildman–Crippen LogP) is 7.49. The molecule has 0 saturated carbocycles. The van der Waals surface area contributed by atoms with Crippen molar-refractivity contribution < 1.29 is 0 Å². The van der Waals surface area contributed by atoms with Crippen LogP contribution in [0.5, 0.6) is 0 Å². The lowest BCUT2D eigenvalue weighted by molar-refractivity contribution is 1.41. The van der Waals surface area contributed by atoms with Gasteiger partial charge in [-0.3, -0.25) is 0 Å². The molecular weight excluding hydrogens is 395 g/mol. The minimum absolute atomic E-state index is 0.595. The van der Waals surface area contributed by atoms with Gasteiger partial charge in [0.1, 0.15) is 4.83 Å². The number of halogens is 2. The molecule has 0 saturated heterocycles. The molecule has 0 bridgehead atoms. The Morgan fingerprint density at radius 3 is 2.33 bits per heavy atom. The Labute approximate surface area is 170 Å². The molecule has 5 aromatic rings. The lowest BCUT2D eigenvalue weighted by Gasteiger charge is -2.09. The summed E-state index contributed by atoms with van der Waals surface area (Å²) in [6.07, 6.45) is 1.82. The maximum atomic E-state index is 6.23. The summed E-state index contributed by atoms with van der Waals surface area (Å²) in [4.78, 5) is 10.5. The summed E-state index contributed by atoms with van der Waals surface area (Å²) in [6.45, 7) is 0. The Morgan fingerprint density at radius 1 is 0.778 bits per heavy atom. The molecule has 2 aromatic carbocycles. The summed E-state index contributed by atoms with van der Waals surface area (Å²) in [5.41, 5.74) is 4.97. The topological polar surface area (TPSA) is 25.8 Å². The van der Waals surface area contributed by atoms with E-state index in [1.807, 2.05) is 42.6 Å². The fourth-order valence-electron chi connectivity index (χ4n) is 3.25. The number of hydrogen-bond acceptors (Lipinski definition) is 3. The van der Waals surface area contributed by atoms with Gasteiger partial charge in [0.05, 0.1) is 15.9 Å². The molecule has 3 aromatic heterocycles. The molecule has 130 valence electrons. The molecule has 0 aliphatic carbocycles. The molecular formula is C22H12Cl2N2S. The van der Waals surface area contributed by atoms with Gasteiger partial charge in [-0.25, -0.2) is 9.97 Å². The third-order valence-corrected chi connectivity index (χ3v) is 6.01. The SMILES string of the molecule is Clc1cc(Cl)cc(-c2cc(-c3ccccc3)c3sc4ncccc4c3n2)c1. The first-order chi connectivity index (χ1) is 13.2. The fourth-order valence-corrected chi connectivity index (χ4v) is 4.90. The molecule has 0 aliphatic heterocycles. The molecule has 0 radical (unpaired) electrons. The number of nitrogens with zero attached hydrogens (tertiary/aromatic N) is 2. The molecule has 0 spiro atoms. The number of fused-ring (bicyclic) bond motifs is 3. The van der Waals surface area contributed by atoms with Crippen molar-refractivity contribution in [2.75, 3.05) is 0 Å². The number of rotatable bonds is 2. The van der Waals surface area contributed by atoms with Crippen molar-refractivity contribution in [1.82, 2.24) is 9.97 Å². The lowest BCUT2D eigenvalue weighted by Crippen LogP contribution is -1.88. The predicted molar refractivity (Wildman–Crippen MR) is 116 cm³/mol. The average Bonchev–Trinajstić information content (AvgIpc) is 3.06. The first kappa shape index (κ1) is 16.7. The van der Waals surface area contributed by atoms with E-state index >= 15 is 0 Å². The van der Waals surface area contributed by atoms with Crippen LogP contribution in [0.15, 0.2) is 72.9 Å². The van der Waals surface area contributed by atoms with E-state index in [-0.39, 0.29) is 0 Å². The minimum Gasteiger partial charge on any atom is -0.246 e. The Bertz CT molecular complexity index is 1280. The Morgan fingerprint density at radius 2 is 1.56 bits per heavy atom. The van der Waals surface area contributed by atoms with Gasteiger partial charge in [0.25, 0.3) is 0 Å². The summed E-state index contributed by atoms with van der Waals surface area (Å²) in [7, 11) is 0. The van der Waals surface area contributed by atoms with E-state index in [1.165, 1.54) is 0 Å². The Kier molecular flexibility index (Phi) is 4.09. The number of aromatic nitrogens is 2. The largest absolute Gasteiger partial charge is 0.246 e. The maximum Gasteiger partial charge on any atom is 0.126 e. The summed E-state index contributed by atoms with van der Waals surface area (Å²) < 4.78 is 1.13. The van der Waals surface area contributed by atoms with E-state index in [0.29, 0.717) is 10.0 Å². The third kappa shape index (κ3) is 2.98. The van der Waals surface area contributed by atoms with Gasteiger partial charge >= 0.3 is 0 Å². The molecule has 3 heterocycles. The van der Waals surface area contributed by atoms with Crippen LogP contribution in [-0.2, 0) is 0 Å². The highest BCUT2D eigenvalue weighted by Gasteiger charge is 2.15. The highest BCUT2D eigenvalue weighted by molar-refractivity contribution is 7.25. The van der Waals surface area contributed by atoms with Crippen molar-refractivity contribution in [1.29, 1.82) is 0 Å². The molecule has 0 atom stereocenters. The smallest absolute Gasteiger partial charge is 0.126 e. The zero-order chi connectivity index (χ0) is 18.4. The van der Waals surface area contributed by atoms with Gasteiger partial charge in [0, 0.05) is 32.8 Å². The fraction of sp³-hybridized carbons (Fsp3) is 0. The van der Waals surface area contributed by atoms with Crippen LogP contribution in [0, 0.1) is 0 Å². The monoisotopic (exact) mass is 406 g/mol. The van der Waals surface area contributed by atoms with Gasteiger partial charge in [-0.05, 0) is 42.0 Å². The first-order valence-electron chi connectivity index (χ1n) is 8.39. The molecule has 0 fully saturated rings. The van der Waals surface area contributed by atoms with Crippen molar-refractivity contribution in [3.63, 3.8) is 0 Å². The normalized spacial score (nSPS) is 11.3. The summed E-state index contributed by atoms with van der Waals surface area (Å²) in [6, 6.07) is 22.0. The second-order valence-corrected chi connectivity index (χ2v) is 8.09. The van der Waals surface area contributed by atoms with Crippen molar-refractivity contribution in [3.8, 4) is 22.4 Å². The van der Waals surface area contributed by atoms with Crippen molar-refractivity contribution in [2.45, 2.75) is 0 Å².